The summed E-state index contributed by atoms with van der Waals surface area (Å²) in [4.78, 5) is 11.6. The number of aryl methyl sites for hydroxylation is 2. The molecule has 4 heteroatoms. The normalized spacial score (nSPS) is 12.7. The van der Waals surface area contributed by atoms with Crippen molar-refractivity contribution in [1.82, 2.24) is 5.32 Å². The van der Waals surface area contributed by atoms with E-state index in [4.69, 9.17) is 5.73 Å². The summed E-state index contributed by atoms with van der Waals surface area (Å²) in [6, 6.07) is 6.43. The van der Waals surface area contributed by atoms with Gasteiger partial charge in [0, 0.05) is 6.54 Å². The molecular formula is C14H21ClN2O. The number of halogens is 1. The number of nitrogens with one attached hydrogen (secondary N) is 1. The molecular weight excluding hydrogens is 248 g/mol. The third kappa shape index (κ3) is 4.00. The third-order valence-electron chi connectivity index (χ3n) is 3.23. The highest BCUT2D eigenvalue weighted by Gasteiger charge is 2.11. The van der Waals surface area contributed by atoms with E-state index in [2.05, 4.69) is 23.5 Å². The molecule has 3 nitrogen and oxygen atoms in total. The Bertz CT molecular complexity index is 407. The van der Waals surface area contributed by atoms with Gasteiger partial charge in [0.2, 0.25) is 5.91 Å². The van der Waals surface area contributed by atoms with E-state index in [1.54, 1.807) is 0 Å². The van der Waals surface area contributed by atoms with Crippen molar-refractivity contribution in [2.45, 2.75) is 32.1 Å². The molecule has 0 aromatic heterocycles. The molecule has 100 valence electrons. The number of amides is 1. The van der Waals surface area contributed by atoms with Gasteiger partial charge in [-0.05, 0) is 48.9 Å². The van der Waals surface area contributed by atoms with Crippen LogP contribution in [-0.2, 0) is 24.1 Å². The molecule has 0 fully saturated rings. The molecule has 0 unspecified atom stereocenters. The van der Waals surface area contributed by atoms with Gasteiger partial charge in [-0.25, -0.2) is 0 Å². The van der Waals surface area contributed by atoms with Crippen molar-refractivity contribution in [2.24, 2.45) is 5.73 Å². The first-order valence-corrected chi connectivity index (χ1v) is 6.37. The van der Waals surface area contributed by atoms with Crippen molar-refractivity contribution < 1.29 is 4.79 Å². The van der Waals surface area contributed by atoms with E-state index in [0.717, 1.165) is 18.4 Å². The minimum Gasteiger partial charge on any atom is -0.356 e. The van der Waals surface area contributed by atoms with Gasteiger partial charge >= 0.3 is 0 Å². The Morgan fingerprint density at radius 2 is 2.06 bits per heavy atom. The van der Waals surface area contributed by atoms with Gasteiger partial charge in [0.1, 0.15) is 0 Å². The summed E-state index contributed by atoms with van der Waals surface area (Å²) in [6.45, 7) is 1.30. The van der Waals surface area contributed by atoms with E-state index in [9.17, 15) is 4.79 Å². The zero-order valence-corrected chi connectivity index (χ0v) is 11.4. The molecule has 1 aliphatic carbocycles. The van der Waals surface area contributed by atoms with E-state index < -0.39 is 0 Å². The van der Waals surface area contributed by atoms with Crippen molar-refractivity contribution in [3.05, 3.63) is 34.9 Å². The highest BCUT2D eigenvalue weighted by Crippen LogP contribution is 2.22. The van der Waals surface area contributed by atoms with Crippen LogP contribution in [0.1, 0.15) is 29.5 Å². The van der Waals surface area contributed by atoms with E-state index in [1.807, 2.05) is 0 Å². The zero-order valence-electron chi connectivity index (χ0n) is 10.6. The quantitative estimate of drug-likeness (QED) is 0.797. The van der Waals surface area contributed by atoms with Crippen LogP contribution in [0.15, 0.2) is 18.2 Å². The van der Waals surface area contributed by atoms with Gasteiger partial charge in [-0.3, -0.25) is 4.79 Å². The molecule has 1 aliphatic rings. The molecule has 0 aliphatic heterocycles. The fourth-order valence-corrected chi connectivity index (χ4v) is 2.31. The Morgan fingerprint density at radius 1 is 1.28 bits per heavy atom. The monoisotopic (exact) mass is 268 g/mol. The minimum atomic E-state index is 0. The van der Waals surface area contributed by atoms with Crippen LogP contribution in [0.4, 0.5) is 0 Å². The first-order chi connectivity index (χ1) is 8.29. The third-order valence-corrected chi connectivity index (χ3v) is 3.23. The molecule has 2 rings (SSSR count). The average molecular weight is 269 g/mol. The Hall–Kier alpha value is -1.06. The molecule has 1 amide bonds. The molecule has 0 bridgehead atoms. The second kappa shape index (κ2) is 7.39. The lowest BCUT2D eigenvalue weighted by Crippen LogP contribution is -2.27. The molecule has 0 heterocycles. The number of hydrogen-bond acceptors (Lipinski definition) is 2. The summed E-state index contributed by atoms with van der Waals surface area (Å²) >= 11 is 0. The van der Waals surface area contributed by atoms with Crippen LogP contribution in [0.3, 0.4) is 0 Å². The maximum Gasteiger partial charge on any atom is 0.224 e. The van der Waals surface area contributed by atoms with Gasteiger partial charge in [-0.1, -0.05) is 18.2 Å². The molecule has 1 aromatic rings. The standard InChI is InChI=1S/C14H20N2O.ClH/c15-7-2-8-16-14(17)10-11-5-6-12-3-1-4-13(12)9-11;/h5-6,9H,1-4,7-8,10,15H2,(H,16,17);1H. The molecule has 0 saturated carbocycles. The number of benzene rings is 1. The predicted octanol–water partition coefficient (Wildman–Crippen LogP) is 1.60. The largest absolute Gasteiger partial charge is 0.356 e. The number of nitrogens with two attached hydrogens (primary N) is 1. The van der Waals surface area contributed by atoms with Crippen LogP contribution in [-0.4, -0.2) is 19.0 Å². The maximum absolute atomic E-state index is 11.6. The Kier molecular flexibility index (Phi) is 6.16. The van der Waals surface area contributed by atoms with E-state index in [0.29, 0.717) is 19.5 Å². The highest BCUT2D eigenvalue weighted by atomic mass is 35.5. The number of fused-ring (bicyclic) bond motifs is 1. The number of rotatable bonds is 5. The van der Waals surface area contributed by atoms with Crippen molar-refractivity contribution in [2.75, 3.05) is 13.1 Å². The van der Waals surface area contributed by atoms with Gasteiger partial charge in [0.25, 0.3) is 0 Å². The topological polar surface area (TPSA) is 55.1 Å². The summed E-state index contributed by atoms with van der Waals surface area (Å²) < 4.78 is 0. The van der Waals surface area contributed by atoms with Gasteiger partial charge in [0.05, 0.1) is 6.42 Å². The molecule has 18 heavy (non-hydrogen) atoms. The van der Waals surface area contributed by atoms with Crippen LogP contribution >= 0.6 is 12.4 Å². The van der Waals surface area contributed by atoms with Crippen LogP contribution < -0.4 is 11.1 Å². The van der Waals surface area contributed by atoms with E-state index in [-0.39, 0.29) is 18.3 Å². The Balaban J connectivity index is 0.00000162. The summed E-state index contributed by atoms with van der Waals surface area (Å²) in [5.41, 5.74) is 9.38. The van der Waals surface area contributed by atoms with Crippen molar-refractivity contribution in [1.29, 1.82) is 0 Å². The lowest BCUT2D eigenvalue weighted by molar-refractivity contribution is -0.120. The first-order valence-electron chi connectivity index (χ1n) is 6.37. The van der Waals surface area contributed by atoms with Crippen molar-refractivity contribution >= 4 is 18.3 Å². The summed E-state index contributed by atoms with van der Waals surface area (Å²) in [5.74, 6) is 0.0939. The van der Waals surface area contributed by atoms with Gasteiger partial charge in [0.15, 0.2) is 0 Å². The zero-order chi connectivity index (χ0) is 12.1. The van der Waals surface area contributed by atoms with Crippen molar-refractivity contribution in [3.63, 3.8) is 0 Å². The molecule has 0 atom stereocenters. The summed E-state index contributed by atoms with van der Waals surface area (Å²) in [5, 5.41) is 2.88. The molecule has 0 spiro atoms. The predicted molar refractivity (Wildman–Crippen MR) is 76.1 cm³/mol. The smallest absolute Gasteiger partial charge is 0.224 e. The highest BCUT2D eigenvalue weighted by molar-refractivity contribution is 5.85. The number of carbonyl (C=O) groups excluding carboxylic acids is 1. The molecule has 1 aromatic carbocycles. The Morgan fingerprint density at radius 3 is 2.83 bits per heavy atom. The van der Waals surface area contributed by atoms with Crippen molar-refractivity contribution in [3.8, 4) is 0 Å². The summed E-state index contributed by atoms with van der Waals surface area (Å²) in [6.07, 6.45) is 4.94. The average Bonchev–Trinajstić information content (AvgIpc) is 2.76. The van der Waals surface area contributed by atoms with Gasteiger partial charge in [-0.2, -0.15) is 0 Å². The van der Waals surface area contributed by atoms with Crippen LogP contribution in [0, 0.1) is 0 Å². The van der Waals surface area contributed by atoms with E-state index >= 15 is 0 Å². The second-order valence-corrected chi connectivity index (χ2v) is 4.63. The molecule has 0 saturated heterocycles. The van der Waals surface area contributed by atoms with E-state index in [1.165, 1.54) is 24.0 Å². The van der Waals surface area contributed by atoms with Crippen LogP contribution in [0.2, 0.25) is 0 Å². The second-order valence-electron chi connectivity index (χ2n) is 4.63. The fourth-order valence-electron chi connectivity index (χ4n) is 2.31. The van der Waals surface area contributed by atoms with Crippen LogP contribution in [0.25, 0.3) is 0 Å². The lowest BCUT2D eigenvalue weighted by Gasteiger charge is -2.06. The lowest BCUT2D eigenvalue weighted by atomic mass is 10.0. The first kappa shape index (κ1) is 15.0. The summed E-state index contributed by atoms with van der Waals surface area (Å²) in [7, 11) is 0. The van der Waals surface area contributed by atoms with Gasteiger partial charge < -0.3 is 11.1 Å². The number of carbonyl (C=O) groups is 1. The van der Waals surface area contributed by atoms with Crippen LogP contribution in [0.5, 0.6) is 0 Å². The Labute approximate surface area is 115 Å². The molecule has 3 N–H and O–H groups in total. The molecule has 0 radical (unpaired) electrons. The number of hydrogen-bond donors (Lipinski definition) is 2. The maximum atomic E-state index is 11.6. The van der Waals surface area contributed by atoms with Gasteiger partial charge in [-0.15, -0.1) is 12.4 Å². The minimum absolute atomic E-state index is 0. The fraction of sp³-hybridized carbons (Fsp3) is 0.500. The SMILES string of the molecule is Cl.NCCCNC(=O)Cc1ccc2c(c1)CCC2.